The highest BCUT2D eigenvalue weighted by Crippen LogP contribution is 2.25. The summed E-state index contributed by atoms with van der Waals surface area (Å²) in [6.07, 6.45) is -1.16. The summed E-state index contributed by atoms with van der Waals surface area (Å²) < 4.78 is 18.5. The zero-order valence-electron chi connectivity index (χ0n) is 14.3. The minimum absolute atomic E-state index is 0.0902. The van der Waals surface area contributed by atoms with Crippen molar-refractivity contribution in [2.24, 2.45) is 0 Å². The van der Waals surface area contributed by atoms with Crippen LogP contribution in [0.25, 0.3) is 0 Å². The van der Waals surface area contributed by atoms with E-state index in [0.29, 0.717) is 11.4 Å². The van der Waals surface area contributed by atoms with E-state index < -0.39 is 23.8 Å². The highest BCUT2D eigenvalue weighted by molar-refractivity contribution is 6.36. The summed E-state index contributed by atoms with van der Waals surface area (Å²) in [7, 11) is 0. The summed E-state index contributed by atoms with van der Waals surface area (Å²) >= 11 is 11.4. The first-order chi connectivity index (χ1) is 12.7. The fourth-order valence-corrected chi connectivity index (χ4v) is 2.50. The molecule has 9 heteroatoms. The molecular formula is C18H15Cl2FN2O4. The third kappa shape index (κ3) is 5.67. The van der Waals surface area contributed by atoms with E-state index in [1.807, 2.05) is 0 Å². The zero-order chi connectivity index (χ0) is 20.1. The molecule has 27 heavy (non-hydrogen) atoms. The molecule has 2 aromatic rings. The number of hydrogen-bond acceptors (Lipinski definition) is 4. The lowest BCUT2D eigenvalue weighted by molar-refractivity contribution is -0.123. The Bertz CT molecular complexity index is 888. The normalized spacial score (nSPS) is 11.4. The van der Waals surface area contributed by atoms with Gasteiger partial charge in [0.25, 0.3) is 5.91 Å². The van der Waals surface area contributed by atoms with Gasteiger partial charge in [-0.25, -0.2) is 9.18 Å². The average molecular weight is 413 g/mol. The molecule has 2 amide bonds. The van der Waals surface area contributed by atoms with Crippen LogP contribution < -0.4 is 10.6 Å². The maximum Gasteiger partial charge on any atom is 0.340 e. The van der Waals surface area contributed by atoms with Crippen molar-refractivity contribution < 1.29 is 23.5 Å². The Labute approximate surface area is 164 Å². The van der Waals surface area contributed by atoms with Gasteiger partial charge in [-0.05, 0) is 43.3 Å². The van der Waals surface area contributed by atoms with Crippen LogP contribution in [-0.2, 0) is 14.3 Å². The van der Waals surface area contributed by atoms with E-state index >= 15 is 0 Å². The number of halogens is 3. The minimum Gasteiger partial charge on any atom is -0.449 e. The quantitative estimate of drug-likeness (QED) is 0.566. The van der Waals surface area contributed by atoms with Gasteiger partial charge >= 0.3 is 5.97 Å². The number of ether oxygens (including phenoxy) is 1. The van der Waals surface area contributed by atoms with Crippen molar-refractivity contribution in [1.82, 2.24) is 0 Å². The molecule has 0 unspecified atom stereocenters. The largest absolute Gasteiger partial charge is 0.449 e. The number of carbonyl (C=O) groups excluding carboxylic acids is 3. The molecule has 6 nitrogen and oxygen atoms in total. The fraction of sp³-hybridized carbons (Fsp3) is 0.167. The van der Waals surface area contributed by atoms with Gasteiger partial charge in [0.15, 0.2) is 6.10 Å². The van der Waals surface area contributed by atoms with Gasteiger partial charge in [-0.1, -0.05) is 23.2 Å². The highest BCUT2D eigenvalue weighted by atomic mass is 35.5. The highest BCUT2D eigenvalue weighted by Gasteiger charge is 2.22. The average Bonchev–Trinajstić information content (AvgIpc) is 2.59. The zero-order valence-corrected chi connectivity index (χ0v) is 15.8. The molecule has 2 aromatic carbocycles. The van der Waals surface area contributed by atoms with Crippen LogP contribution in [0.2, 0.25) is 10.0 Å². The molecule has 0 aliphatic heterocycles. The second kappa shape index (κ2) is 8.83. The van der Waals surface area contributed by atoms with E-state index in [-0.39, 0.29) is 21.5 Å². The van der Waals surface area contributed by atoms with Crippen LogP contribution in [0.5, 0.6) is 0 Å². The maximum absolute atomic E-state index is 13.5. The van der Waals surface area contributed by atoms with Crippen molar-refractivity contribution in [3.05, 3.63) is 57.8 Å². The Morgan fingerprint density at radius 1 is 1.00 bits per heavy atom. The predicted molar refractivity (Wildman–Crippen MR) is 101 cm³/mol. The van der Waals surface area contributed by atoms with Gasteiger partial charge in [0.05, 0.1) is 15.6 Å². The molecule has 2 N–H and O–H groups in total. The molecule has 0 heterocycles. The summed E-state index contributed by atoms with van der Waals surface area (Å²) in [6.45, 7) is 2.74. The van der Waals surface area contributed by atoms with Crippen LogP contribution in [0.15, 0.2) is 36.4 Å². The van der Waals surface area contributed by atoms with Crippen LogP contribution in [0.1, 0.15) is 24.2 Å². The van der Waals surface area contributed by atoms with Crippen molar-refractivity contribution >= 4 is 52.4 Å². The first-order valence-electron chi connectivity index (χ1n) is 7.71. The van der Waals surface area contributed by atoms with Gasteiger partial charge in [-0.2, -0.15) is 0 Å². The van der Waals surface area contributed by atoms with Gasteiger partial charge < -0.3 is 15.4 Å². The summed E-state index contributed by atoms with van der Waals surface area (Å²) in [5, 5.41) is 4.83. The lowest BCUT2D eigenvalue weighted by atomic mass is 10.2. The number of esters is 1. The first-order valence-corrected chi connectivity index (χ1v) is 8.47. The number of benzene rings is 2. The first kappa shape index (κ1) is 20.7. The molecule has 1 atom stereocenters. The number of rotatable bonds is 5. The summed E-state index contributed by atoms with van der Waals surface area (Å²) in [5.41, 5.74) is 0.768. The van der Waals surface area contributed by atoms with Gasteiger partial charge in [0, 0.05) is 18.3 Å². The molecule has 142 valence electrons. The number of carbonyl (C=O) groups is 3. The molecular weight excluding hydrogens is 398 g/mol. The lowest BCUT2D eigenvalue weighted by Crippen LogP contribution is -2.30. The summed E-state index contributed by atoms with van der Waals surface area (Å²) in [5.74, 6) is -2.60. The lowest BCUT2D eigenvalue weighted by Gasteiger charge is -2.14. The van der Waals surface area contributed by atoms with Crippen LogP contribution in [-0.4, -0.2) is 23.9 Å². The van der Waals surface area contributed by atoms with E-state index in [0.717, 1.165) is 12.1 Å². The van der Waals surface area contributed by atoms with Crippen molar-refractivity contribution in [2.45, 2.75) is 20.0 Å². The van der Waals surface area contributed by atoms with Crippen LogP contribution in [0.4, 0.5) is 15.8 Å². The molecule has 0 aromatic heterocycles. The van der Waals surface area contributed by atoms with Gasteiger partial charge in [-0.15, -0.1) is 0 Å². The number of amides is 2. The van der Waals surface area contributed by atoms with E-state index in [2.05, 4.69) is 10.6 Å². The monoisotopic (exact) mass is 412 g/mol. The van der Waals surface area contributed by atoms with E-state index in [1.54, 1.807) is 24.3 Å². The Balaban J connectivity index is 2.00. The summed E-state index contributed by atoms with van der Waals surface area (Å²) in [4.78, 5) is 35.2. The van der Waals surface area contributed by atoms with Crippen molar-refractivity contribution in [3.8, 4) is 0 Å². The number of hydrogen-bond donors (Lipinski definition) is 2. The predicted octanol–water partition coefficient (Wildman–Crippen LogP) is 4.27. The number of anilines is 2. The molecule has 0 spiro atoms. The molecule has 0 aliphatic rings. The number of nitrogens with one attached hydrogen (secondary N) is 2. The summed E-state index contributed by atoms with van der Waals surface area (Å²) in [6, 6.07) is 8.27. The minimum atomic E-state index is -1.16. The van der Waals surface area contributed by atoms with E-state index in [9.17, 15) is 18.8 Å². The molecule has 0 saturated carbocycles. The van der Waals surface area contributed by atoms with Crippen molar-refractivity contribution in [3.63, 3.8) is 0 Å². The fourth-order valence-electron chi connectivity index (χ4n) is 2.04. The Morgan fingerprint density at radius 2 is 1.56 bits per heavy atom. The standard InChI is InChI=1S/C18H15Cl2FN2O4/c1-9(27-18(26)13-7-16(21)15(20)8-14(13)19)17(25)23-12-5-3-11(4-6-12)22-10(2)24/h3-9H,1-2H3,(H,22,24)(H,23,25)/t9-/m0/s1. The molecule has 0 aliphatic carbocycles. The van der Waals surface area contributed by atoms with Gasteiger partial charge in [0.2, 0.25) is 5.91 Å². The molecule has 0 fully saturated rings. The van der Waals surface area contributed by atoms with Crippen LogP contribution in [0.3, 0.4) is 0 Å². The second-order valence-corrected chi connectivity index (χ2v) is 6.36. The smallest absolute Gasteiger partial charge is 0.340 e. The topological polar surface area (TPSA) is 84.5 Å². The second-order valence-electron chi connectivity index (χ2n) is 5.54. The third-order valence-electron chi connectivity index (χ3n) is 3.36. The Morgan fingerprint density at radius 3 is 2.11 bits per heavy atom. The Kier molecular flexibility index (Phi) is 6.76. The SMILES string of the molecule is CC(=O)Nc1ccc(NC(=O)[C@H](C)OC(=O)c2cc(F)c(Cl)cc2Cl)cc1. The van der Waals surface area contributed by atoms with E-state index in [1.165, 1.54) is 13.8 Å². The Hall–Kier alpha value is -2.64. The van der Waals surface area contributed by atoms with Gasteiger partial charge in [-0.3, -0.25) is 9.59 Å². The van der Waals surface area contributed by atoms with Crippen LogP contribution >= 0.6 is 23.2 Å². The molecule has 0 radical (unpaired) electrons. The molecule has 0 bridgehead atoms. The van der Waals surface area contributed by atoms with Crippen LogP contribution in [0, 0.1) is 5.82 Å². The maximum atomic E-state index is 13.5. The van der Waals surface area contributed by atoms with Crippen molar-refractivity contribution in [1.29, 1.82) is 0 Å². The van der Waals surface area contributed by atoms with Crippen molar-refractivity contribution in [2.75, 3.05) is 10.6 Å². The third-order valence-corrected chi connectivity index (χ3v) is 3.96. The van der Waals surface area contributed by atoms with Gasteiger partial charge in [0.1, 0.15) is 5.82 Å². The molecule has 2 rings (SSSR count). The molecule has 0 saturated heterocycles. The van der Waals surface area contributed by atoms with E-state index in [4.69, 9.17) is 27.9 Å².